The molecule has 0 aliphatic rings. The second-order valence-corrected chi connectivity index (χ2v) is 4.49. The zero-order valence-corrected chi connectivity index (χ0v) is 10.5. The Bertz CT molecular complexity index is 670. The summed E-state index contributed by atoms with van der Waals surface area (Å²) >= 11 is 0. The van der Waals surface area contributed by atoms with Crippen molar-refractivity contribution in [3.8, 4) is 28.0 Å². The van der Waals surface area contributed by atoms with Gasteiger partial charge in [0.1, 0.15) is 5.75 Å². The predicted octanol–water partition coefficient (Wildman–Crippen LogP) is 4.73. The Morgan fingerprint density at radius 2 is 1.00 bits per heavy atom. The topological polar surface area (TPSA) is 20.2 Å². The average molecular weight is 246 g/mol. The van der Waals surface area contributed by atoms with E-state index in [1.807, 2.05) is 30.3 Å². The lowest BCUT2D eigenvalue weighted by Crippen LogP contribution is -1.80. The molecule has 1 heteroatoms. The van der Waals surface area contributed by atoms with Gasteiger partial charge in [-0.2, -0.15) is 0 Å². The third-order valence-corrected chi connectivity index (χ3v) is 3.17. The fourth-order valence-corrected chi connectivity index (χ4v) is 2.17. The maximum Gasteiger partial charge on any atom is 0.116 e. The molecular weight excluding hydrogens is 232 g/mol. The molecule has 92 valence electrons. The van der Waals surface area contributed by atoms with E-state index in [2.05, 4.69) is 36.4 Å². The predicted molar refractivity (Wildman–Crippen MR) is 79.0 cm³/mol. The minimum absolute atomic E-state index is 0.296. The summed E-state index contributed by atoms with van der Waals surface area (Å²) in [6, 6.07) is 26.0. The van der Waals surface area contributed by atoms with Crippen molar-refractivity contribution >= 4 is 0 Å². The number of phenolic OH excluding ortho intramolecular Hbond substituents is 1. The van der Waals surface area contributed by atoms with E-state index in [1.54, 1.807) is 12.1 Å². The highest BCUT2D eigenvalue weighted by Gasteiger charge is 2.00. The standard InChI is InChI=1S/C18H14O/c19-18-8-4-7-17(13-18)16-11-9-15(10-12-16)14-5-2-1-3-6-14/h1-13,19H. The second-order valence-electron chi connectivity index (χ2n) is 4.49. The number of aromatic hydroxyl groups is 1. The van der Waals surface area contributed by atoms with Crippen LogP contribution in [-0.2, 0) is 0 Å². The van der Waals surface area contributed by atoms with Gasteiger partial charge in [-0.3, -0.25) is 0 Å². The van der Waals surface area contributed by atoms with Crippen LogP contribution < -0.4 is 0 Å². The number of hydrogen-bond donors (Lipinski definition) is 1. The molecule has 3 aromatic rings. The summed E-state index contributed by atoms with van der Waals surface area (Å²) in [4.78, 5) is 0. The molecule has 0 spiro atoms. The van der Waals surface area contributed by atoms with Gasteiger partial charge in [0, 0.05) is 0 Å². The molecule has 1 nitrogen and oxygen atoms in total. The van der Waals surface area contributed by atoms with Crippen molar-refractivity contribution in [2.75, 3.05) is 0 Å². The molecule has 0 unspecified atom stereocenters. The van der Waals surface area contributed by atoms with Crippen LogP contribution in [0.3, 0.4) is 0 Å². The fourth-order valence-electron chi connectivity index (χ4n) is 2.17. The van der Waals surface area contributed by atoms with Gasteiger partial charge in [0.05, 0.1) is 0 Å². The van der Waals surface area contributed by atoms with Gasteiger partial charge < -0.3 is 5.11 Å². The smallest absolute Gasteiger partial charge is 0.116 e. The van der Waals surface area contributed by atoms with Gasteiger partial charge in [-0.1, -0.05) is 66.7 Å². The van der Waals surface area contributed by atoms with Crippen molar-refractivity contribution in [3.05, 3.63) is 78.9 Å². The van der Waals surface area contributed by atoms with Crippen molar-refractivity contribution in [2.24, 2.45) is 0 Å². The van der Waals surface area contributed by atoms with E-state index in [9.17, 15) is 5.11 Å². The van der Waals surface area contributed by atoms with Crippen molar-refractivity contribution in [1.29, 1.82) is 0 Å². The monoisotopic (exact) mass is 246 g/mol. The minimum atomic E-state index is 0.296. The van der Waals surface area contributed by atoms with Gasteiger partial charge in [0.25, 0.3) is 0 Å². The molecule has 0 fully saturated rings. The third kappa shape index (κ3) is 2.50. The summed E-state index contributed by atoms with van der Waals surface area (Å²) in [6.45, 7) is 0. The van der Waals surface area contributed by atoms with E-state index < -0.39 is 0 Å². The second kappa shape index (κ2) is 4.99. The van der Waals surface area contributed by atoms with Crippen LogP contribution in [0.25, 0.3) is 22.3 Å². The Balaban J connectivity index is 1.95. The summed E-state index contributed by atoms with van der Waals surface area (Å²) in [5, 5.41) is 9.51. The van der Waals surface area contributed by atoms with E-state index in [0.717, 1.165) is 11.1 Å². The Labute approximate surface area is 112 Å². The number of benzene rings is 3. The van der Waals surface area contributed by atoms with Crippen LogP contribution in [0.1, 0.15) is 0 Å². The minimum Gasteiger partial charge on any atom is -0.508 e. The average Bonchev–Trinajstić information content (AvgIpc) is 2.48. The van der Waals surface area contributed by atoms with Gasteiger partial charge in [0.2, 0.25) is 0 Å². The van der Waals surface area contributed by atoms with E-state index in [0.29, 0.717) is 5.75 Å². The first kappa shape index (κ1) is 11.5. The summed E-state index contributed by atoms with van der Waals surface area (Å²) in [5.74, 6) is 0.296. The Hall–Kier alpha value is -2.54. The van der Waals surface area contributed by atoms with Crippen LogP contribution in [0.4, 0.5) is 0 Å². The van der Waals surface area contributed by atoms with Gasteiger partial charge in [0.15, 0.2) is 0 Å². The molecular formula is C18H14O. The molecule has 0 aliphatic carbocycles. The van der Waals surface area contributed by atoms with Crippen LogP contribution >= 0.6 is 0 Å². The van der Waals surface area contributed by atoms with E-state index in [1.165, 1.54) is 11.1 Å². The van der Waals surface area contributed by atoms with E-state index in [-0.39, 0.29) is 0 Å². The molecule has 0 radical (unpaired) electrons. The Morgan fingerprint density at radius 1 is 0.474 bits per heavy atom. The fraction of sp³-hybridized carbons (Fsp3) is 0. The molecule has 1 N–H and O–H groups in total. The number of rotatable bonds is 2. The van der Waals surface area contributed by atoms with Crippen molar-refractivity contribution in [2.45, 2.75) is 0 Å². The molecule has 19 heavy (non-hydrogen) atoms. The molecule has 0 heterocycles. The maximum atomic E-state index is 9.51. The lowest BCUT2D eigenvalue weighted by atomic mass is 10.0. The lowest BCUT2D eigenvalue weighted by Gasteiger charge is -2.05. The van der Waals surface area contributed by atoms with Crippen molar-refractivity contribution in [3.63, 3.8) is 0 Å². The van der Waals surface area contributed by atoms with Crippen LogP contribution in [0, 0.1) is 0 Å². The van der Waals surface area contributed by atoms with Gasteiger partial charge >= 0.3 is 0 Å². The Morgan fingerprint density at radius 3 is 1.63 bits per heavy atom. The molecule has 3 aromatic carbocycles. The molecule has 0 bridgehead atoms. The molecule has 0 amide bonds. The van der Waals surface area contributed by atoms with Crippen LogP contribution in [0.15, 0.2) is 78.9 Å². The zero-order chi connectivity index (χ0) is 13.1. The van der Waals surface area contributed by atoms with Crippen molar-refractivity contribution in [1.82, 2.24) is 0 Å². The van der Waals surface area contributed by atoms with E-state index >= 15 is 0 Å². The Kier molecular flexibility index (Phi) is 3.03. The SMILES string of the molecule is Oc1cccc(-c2ccc(-c3ccccc3)cc2)c1. The quantitative estimate of drug-likeness (QED) is 0.693. The highest BCUT2D eigenvalue weighted by molar-refractivity contribution is 5.70. The highest BCUT2D eigenvalue weighted by Crippen LogP contribution is 2.26. The summed E-state index contributed by atoms with van der Waals surface area (Å²) in [5.41, 5.74) is 4.55. The van der Waals surface area contributed by atoms with Gasteiger partial charge in [-0.15, -0.1) is 0 Å². The van der Waals surface area contributed by atoms with Gasteiger partial charge in [-0.25, -0.2) is 0 Å². The molecule has 0 atom stereocenters. The van der Waals surface area contributed by atoms with Crippen LogP contribution in [0.5, 0.6) is 5.75 Å². The molecule has 0 aliphatic heterocycles. The maximum absolute atomic E-state index is 9.51. The first-order valence-electron chi connectivity index (χ1n) is 6.28. The zero-order valence-electron chi connectivity index (χ0n) is 10.5. The first-order chi connectivity index (χ1) is 9.33. The number of phenols is 1. The lowest BCUT2D eigenvalue weighted by molar-refractivity contribution is 0.475. The molecule has 0 saturated heterocycles. The molecule has 0 saturated carbocycles. The highest BCUT2D eigenvalue weighted by atomic mass is 16.3. The van der Waals surface area contributed by atoms with Crippen LogP contribution in [0.2, 0.25) is 0 Å². The summed E-state index contributed by atoms with van der Waals surface area (Å²) in [6.07, 6.45) is 0. The number of hydrogen-bond acceptors (Lipinski definition) is 1. The van der Waals surface area contributed by atoms with E-state index in [4.69, 9.17) is 0 Å². The molecule has 3 rings (SSSR count). The third-order valence-electron chi connectivity index (χ3n) is 3.17. The van der Waals surface area contributed by atoms with Crippen LogP contribution in [-0.4, -0.2) is 5.11 Å². The summed E-state index contributed by atoms with van der Waals surface area (Å²) < 4.78 is 0. The van der Waals surface area contributed by atoms with Gasteiger partial charge in [-0.05, 0) is 34.4 Å². The summed E-state index contributed by atoms with van der Waals surface area (Å²) in [7, 11) is 0. The first-order valence-corrected chi connectivity index (χ1v) is 6.28. The normalized spacial score (nSPS) is 10.3. The molecule has 0 aromatic heterocycles. The van der Waals surface area contributed by atoms with Crippen molar-refractivity contribution < 1.29 is 5.11 Å². The largest absolute Gasteiger partial charge is 0.508 e.